The van der Waals surface area contributed by atoms with Gasteiger partial charge in [-0.1, -0.05) is 29.8 Å². The lowest BCUT2D eigenvalue weighted by atomic mass is 10.1. The van der Waals surface area contributed by atoms with Crippen molar-refractivity contribution in [1.82, 2.24) is 4.98 Å². The fourth-order valence-corrected chi connectivity index (χ4v) is 3.19. The number of rotatable bonds is 3. The third-order valence-corrected chi connectivity index (χ3v) is 4.64. The largest absolute Gasteiger partial charge is 0.356 e. The lowest BCUT2D eigenvalue weighted by Crippen LogP contribution is -2.33. The van der Waals surface area contributed by atoms with Gasteiger partial charge in [0.15, 0.2) is 23.3 Å². The van der Waals surface area contributed by atoms with Gasteiger partial charge >= 0.3 is 0 Å². The average molecular weight is 426 g/mol. The molecule has 3 aromatic rings. The third kappa shape index (κ3) is 2.98. The fourth-order valence-electron chi connectivity index (χ4n) is 3.07. The molecule has 0 spiro atoms. The van der Waals surface area contributed by atoms with Crippen LogP contribution in [0.2, 0.25) is 5.02 Å². The number of halogens is 6. The monoisotopic (exact) mass is 425 g/mol. The molecule has 29 heavy (non-hydrogen) atoms. The Labute approximate surface area is 165 Å². The minimum atomic E-state index is -2.27. The first-order chi connectivity index (χ1) is 13.8. The minimum absolute atomic E-state index is 0.0666. The first kappa shape index (κ1) is 19.1. The van der Waals surface area contributed by atoms with E-state index in [9.17, 15) is 26.7 Å². The molecule has 0 bridgehead atoms. The summed E-state index contributed by atoms with van der Waals surface area (Å²) in [6.07, 6.45) is -0.0246. The van der Waals surface area contributed by atoms with E-state index in [2.05, 4.69) is 10.3 Å². The number of anilines is 2. The number of amides is 1. The van der Waals surface area contributed by atoms with E-state index in [0.29, 0.717) is 0 Å². The molecule has 1 aliphatic heterocycles. The van der Waals surface area contributed by atoms with Gasteiger partial charge in [-0.15, -0.1) is 0 Å². The van der Waals surface area contributed by atoms with Crippen molar-refractivity contribution in [2.24, 2.45) is 0 Å². The summed E-state index contributed by atoms with van der Waals surface area (Å²) in [7, 11) is 0. The number of carbonyl (C=O) groups is 1. The van der Waals surface area contributed by atoms with E-state index in [-0.39, 0.29) is 22.0 Å². The second-order valence-corrected chi connectivity index (χ2v) is 6.53. The van der Waals surface area contributed by atoms with Crippen molar-refractivity contribution in [2.45, 2.75) is 6.17 Å². The molecule has 0 aliphatic carbocycles. The Bertz CT molecular complexity index is 1110. The van der Waals surface area contributed by atoms with Crippen LogP contribution in [-0.2, 0) is 0 Å². The second kappa shape index (κ2) is 7.00. The molecule has 1 N–H and O–H groups in total. The first-order valence-electron chi connectivity index (χ1n) is 8.13. The molecule has 0 saturated heterocycles. The Morgan fingerprint density at radius 1 is 0.897 bits per heavy atom. The van der Waals surface area contributed by atoms with Gasteiger partial charge in [-0.3, -0.25) is 9.69 Å². The molecule has 1 atom stereocenters. The number of pyridine rings is 1. The number of hydrogen-bond acceptors (Lipinski definition) is 3. The van der Waals surface area contributed by atoms with E-state index >= 15 is 0 Å². The molecular formula is C19H9ClF5N3O. The number of nitrogens with one attached hydrogen (secondary N) is 1. The zero-order chi connectivity index (χ0) is 20.9. The van der Waals surface area contributed by atoms with Gasteiger partial charge in [-0.25, -0.2) is 26.9 Å². The molecule has 1 aromatic heterocycles. The van der Waals surface area contributed by atoms with Gasteiger partial charge < -0.3 is 5.32 Å². The van der Waals surface area contributed by atoms with Gasteiger partial charge in [0.1, 0.15) is 17.7 Å². The minimum Gasteiger partial charge on any atom is -0.356 e. The van der Waals surface area contributed by atoms with Crippen LogP contribution in [0.5, 0.6) is 0 Å². The Hall–Kier alpha value is -3.20. The highest BCUT2D eigenvalue weighted by molar-refractivity contribution is 6.30. The zero-order valence-electron chi connectivity index (χ0n) is 14.2. The quantitative estimate of drug-likeness (QED) is 0.356. The molecule has 1 amide bonds. The van der Waals surface area contributed by atoms with E-state index < -0.39 is 46.8 Å². The SMILES string of the molecule is O=C1c2ccccc2[C@@H](Nc2c(F)c(F)c(F)c(F)c2F)N1c1ccc(Cl)cn1. The van der Waals surface area contributed by atoms with Crippen molar-refractivity contribution >= 4 is 29.0 Å². The van der Waals surface area contributed by atoms with E-state index in [1.54, 1.807) is 12.1 Å². The van der Waals surface area contributed by atoms with Crippen LogP contribution in [0, 0.1) is 29.1 Å². The lowest BCUT2D eigenvalue weighted by Gasteiger charge is -2.26. The molecule has 10 heteroatoms. The highest BCUT2D eigenvalue weighted by atomic mass is 35.5. The summed E-state index contributed by atoms with van der Waals surface area (Å²) in [5.74, 6) is -11.1. The van der Waals surface area contributed by atoms with Crippen molar-refractivity contribution in [3.05, 3.63) is 87.8 Å². The van der Waals surface area contributed by atoms with Crippen LogP contribution in [0.3, 0.4) is 0 Å². The van der Waals surface area contributed by atoms with Crippen molar-refractivity contribution in [3.63, 3.8) is 0 Å². The first-order valence-corrected chi connectivity index (χ1v) is 8.51. The van der Waals surface area contributed by atoms with E-state index in [0.717, 1.165) is 4.90 Å². The molecule has 2 aromatic carbocycles. The Kier molecular flexibility index (Phi) is 4.62. The van der Waals surface area contributed by atoms with Crippen LogP contribution in [0.4, 0.5) is 33.5 Å². The second-order valence-electron chi connectivity index (χ2n) is 6.09. The van der Waals surface area contributed by atoms with Crippen molar-refractivity contribution in [3.8, 4) is 0 Å². The number of aromatic nitrogens is 1. The van der Waals surface area contributed by atoms with Crippen molar-refractivity contribution < 1.29 is 26.7 Å². The van der Waals surface area contributed by atoms with Crippen molar-refractivity contribution in [1.29, 1.82) is 0 Å². The lowest BCUT2D eigenvalue weighted by molar-refractivity contribution is 0.0992. The van der Waals surface area contributed by atoms with Gasteiger partial charge in [-0.05, 0) is 18.2 Å². The van der Waals surface area contributed by atoms with E-state index in [4.69, 9.17) is 11.6 Å². The van der Waals surface area contributed by atoms with Crippen molar-refractivity contribution in [2.75, 3.05) is 10.2 Å². The highest BCUT2D eigenvalue weighted by Gasteiger charge is 2.40. The molecule has 0 fully saturated rings. The molecule has 0 saturated carbocycles. The van der Waals surface area contributed by atoms with Crippen LogP contribution in [0.1, 0.15) is 22.1 Å². The molecule has 148 valence electrons. The molecule has 4 rings (SSSR count). The summed E-state index contributed by atoms with van der Waals surface area (Å²) in [5, 5.41) is 2.55. The zero-order valence-corrected chi connectivity index (χ0v) is 14.9. The van der Waals surface area contributed by atoms with Gasteiger partial charge in [0.05, 0.1) is 5.02 Å². The molecule has 0 radical (unpaired) electrons. The van der Waals surface area contributed by atoms with Crippen LogP contribution in [0.15, 0.2) is 42.6 Å². The van der Waals surface area contributed by atoms with Gasteiger partial charge in [0.2, 0.25) is 5.82 Å². The molecule has 0 unspecified atom stereocenters. The predicted molar refractivity (Wildman–Crippen MR) is 95.1 cm³/mol. The standard InChI is InChI=1S/C19H9ClF5N3O/c20-8-5-6-11(26-7-8)28-18(9-3-1-2-4-10(9)19(28)29)27-17-15(24)13(22)12(21)14(23)16(17)25/h1-7,18,27H/t18-/m0/s1. The van der Waals surface area contributed by atoms with Crippen LogP contribution < -0.4 is 10.2 Å². The molecule has 1 aliphatic rings. The maximum absolute atomic E-state index is 14.2. The number of nitrogens with zero attached hydrogens (tertiary/aromatic N) is 2. The smallest absolute Gasteiger partial charge is 0.261 e. The third-order valence-electron chi connectivity index (χ3n) is 4.41. The van der Waals surface area contributed by atoms with E-state index in [1.165, 1.54) is 30.5 Å². The Balaban J connectivity index is 1.86. The summed E-state index contributed by atoms with van der Waals surface area (Å²) in [5.41, 5.74) is -0.793. The fraction of sp³-hybridized carbons (Fsp3) is 0.0526. The summed E-state index contributed by atoms with van der Waals surface area (Å²) in [4.78, 5) is 17.9. The molecule has 4 nitrogen and oxygen atoms in total. The molecular weight excluding hydrogens is 417 g/mol. The summed E-state index contributed by atoms with van der Waals surface area (Å²) >= 11 is 5.80. The summed E-state index contributed by atoms with van der Waals surface area (Å²) < 4.78 is 68.9. The normalized spacial score (nSPS) is 15.6. The number of hydrogen-bond donors (Lipinski definition) is 1. The van der Waals surface area contributed by atoms with Gasteiger partial charge in [-0.2, -0.15) is 0 Å². The number of fused-ring (bicyclic) bond motifs is 1. The van der Waals surface area contributed by atoms with E-state index in [1.807, 2.05) is 0 Å². The van der Waals surface area contributed by atoms with Gasteiger partial charge in [0.25, 0.3) is 5.91 Å². The Morgan fingerprint density at radius 3 is 2.14 bits per heavy atom. The predicted octanol–water partition coefficient (Wildman–Crippen LogP) is 5.20. The van der Waals surface area contributed by atoms with Gasteiger partial charge in [0, 0.05) is 17.3 Å². The highest BCUT2D eigenvalue weighted by Crippen LogP contribution is 2.39. The van der Waals surface area contributed by atoms with Crippen LogP contribution in [0.25, 0.3) is 0 Å². The maximum Gasteiger partial charge on any atom is 0.261 e. The molecule has 2 heterocycles. The van der Waals surface area contributed by atoms with Crippen LogP contribution >= 0.6 is 11.6 Å². The number of benzene rings is 2. The maximum atomic E-state index is 14.2. The van der Waals surface area contributed by atoms with Crippen LogP contribution in [-0.4, -0.2) is 10.9 Å². The summed E-state index contributed by atoms with van der Waals surface area (Å²) in [6, 6.07) is 8.94. The topological polar surface area (TPSA) is 45.2 Å². The Morgan fingerprint density at radius 2 is 1.52 bits per heavy atom. The number of carbonyl (C=O) groups excluding carboxylic acids is 1. The average Bonchev–Trinajstić information content (AvgIpc) is 3.01. The summed E-state index contributed by atoms with van der Waals surface area (Å²) in [6.45, 7) is 0.